The number of aliphatic imine (C=N–C) groups is 1. The maximum absolute atomic E-state index is 5.83. The van der Waals surface area contributed by atoms with Gasteiger partial charge in [0.1, 0.15) is 0 Å². The van der Waals surface area contributed by atoms with Crippen LogP contribution in [0.2, 0.25) is 0 Å². The first-order valence-electron chi connectivity index (χ1n) is 6.28. The molecule has 0 amide bonds. The molecular weight excluding hydrogens is 242 g/mol. The van der Waals surface area contributed by atoms with Gasteiger partial charge in [-0.3, -0.25) is 0 Å². The maximum atomic E-state index is 5.83. The molecule has 0 heterocycles. The highest BCUT2D eigenvalue weighted by atomic mass is 16.5. The minimum absolute atomic E-state index is 0.142. The van der Waals surface area contributed by atoms with Crippen LogP contribution in [0.15, 0.2) is 29.3 Å². The molecule has 0 aromatic heterocycles. The molecule has 0 spiro atoms. The third-order valence-corrected chi connectivity index (χ3v) is 2.65. The minimum atomic E-state index is 0.142. The normalized spacial score (nSPS) is 13.3. The highest BCUT2D eigenvalue weighted by Gasteiger charge is 2.03. The lowest BCUT2D eigenvalue weighted by molar-refractivity contribution is 0.179. The Labute approximate surface area is 114 Å². The van der Waals surface area contributed by atoms with E-state index >= 15 is 0 Å². The zero-order valence-corrected chi connectivity index (χ0v) is 11.8. The molecule has 5 heteroatoms. The minimum Gasteiger partial charge on any atom is -0.383 e. The lowest BCUT2D eigenvalue weighted by Crippen LogP contribution is -2.40. The second kappa shape index (κ2) is 8.50. The molecule has 1 aromatic rings. The fourth-order valence-corrected chi connectivity index (χ4v) is 1.77. The fourth-order valence-electron chi connectivity index (χ4n) is 1.77. The zero-order valence-electron chi connectivity index (χ0n) is 11.8. The summed E-state index contributed by atoms with van der Waals surface area (Å²) in [6, 6.07) is 8.18. The lowest BCUT2D eigenvalue weighted by Gasteiger charge is -2.13. The van der Waals surface area contributed by atoms with Crippen molar-refractivity contribution >= 4 is 5.96 Å². The molecule has 5 nitrogen and oxygen atoms in total. The van der Waals surface area contributed by atoms with Gasteiger partial charge < -0.3 is 20.5 Å². The fraction of sp³-hybridized carbons (Fsp3) is 0.500. The van der Waals surface area contributed by atoms with Gasteiger partial charge in [0.05, 0.1) is 19.8 Å². The third-order valence-electron chi connectivity index (χ3n) is 2.65. The first-order chi connectivity index (χ1) is 9.17. The predicted octanol–water partition coefficient (Wildman–Crippen LogP) is 1.27. The van der Waals surface area contributed by atoms with Crippen molar-refractivity contribution in [3.63, 3.8) is 0 Å². The largest absolute Gasteiger partial charge is 0.383 e. The second-order valence-electron chi connectivity index (χ2n) is 4.40. The summed E-state index contributed by atoms with van der Waals surface area (Å²) in [5, 5.41) is 3.07. The van der Waals surface area contributed by atoms with E-state index in [1.807, 2.05) is 31.2 Å². The van der Waals surface area contributed by atoms with Gasteiger partial charge in [0.2, 0.25) is 0 Å². The van der Waals surface area contributed by atoms with Gasteiger partial charge in [-0.2, -0.15) is 0 Å². The summed E-state index contributed by atoms with van der Waals surface area (Å²) in [6.45, 7) is 3.71. The van der Waals surface area contributed by atoms with Crippen LogP contribution in [0.3, 0.4) is 0 Å². The first kappa shape index (κ1) is 15.5. The van der Waals surface area contributed by atoms with Crippen molar-refractivity contribution in [2.24, 2.45) is 10.7 Å². The molecule has 1 unspecified atom stereocenters. The van der Waals surface area contributed by atoms with E-state index in [1.165, 1.54) is 0 Å². The van der Waals surface area contributed by atoms with Crippen molar-refractivity contribution in [3.8, 4) is 0 Å². The number of nitrogens with two attached hydrogens (primary N) is 1. The molecule has 0 saturated heterocycles. The smallest absolute Gasteiger partial charge is 0.189 e. The highest BCUT2D eigenvalue weighted by Crippen LogP contribution is 2.10. The monoisotopic (exact) mass is 265 g/mol. The van der Waals surface area contributed by atoms with Gasteiger partial charge >= 0.3 is 0 Å². The van der Waals surface area contributed by atoms with Gasteiger partial charge in [-0.25, -0.2) is 4.99 Å². The predicted molar refractivity (Wildman–Crippen MR) is 77.0 cm³/mol. The molecular formula is C14H23N3O2. The van der Waals surface area contributed by atoms with E-state index in [0.717, 1.165) is 11.1 Å². The lowest BCUT2D eigenvalue weighted by atomic mass is 10.1. The standard InChI is InChI=1S/C14H23N3O2/c1-11(9-18-2)17-14(15)16-8-12-6-4-5-7-13(12)10-19-3/h4-7,11H,8-10H2,1-3H3,(H3,15,16,17). The van der Waals surface area contributed by atoms with Crippen molar-refractivity contribution in [1.29, 1.82) is 0 Å². The van der Waals surface area contributed by atoms with Gasteiger partial charge in [0, 0.05) is 20.3 Å². The van der Waals surface area contributed by atoms with Crippen LogP contribution in [-0.2, 0) is 22.6 Å². The van der Waals surface area contributed by atoms with E-state index in [9.17, 15) is 0 Å². The molecule has 1 rings (SSSR count). The van der Waals surface area contributed by atoms with Crippen molar-refractivity contribution in [3.05, 3.63) is 35.4 Å². The number of rotatable bonds is 7. The van der Waals surface area contributed by atoms with Gasteiger partial charge in [0.25, 0.3) is 0 Å². The van der Waals surface area contributed by atoms with Crippen LogP contribution in [0.4, 0.5) is 0 Å². The number of guanidine groups is 1. The number of benzene rings is 1. The Morgan fingerprint density at radius 2 is 1.95 bits per heavy atom. The van der Waals surface area contributed by atoms with Gasteiger partial charge in [-0.1, -0.05) is 24.3 Å². The number of methoxy groups -OCH3 is 2. The molecule has 0 radical (unpaired) electrons. The van der Waals surface area contributed by atoms with Crippen LogP contribution >= 0.6 is 0 Å². The number of ether oxygens (including phenoxy) is 2. The van der Waals surface area contributed by atoms with Gasteiger partial charge in [-0.05, 0) is 18.1 Å². The van der Waals surface area contributed by atoms with Crippen molar-refractivity contribution in [2.75, 3.05) is 20.8 Å². The summed E-state index contributed by atoms with van der Waals surface area (Å²) in [5.41, 5.74) is 8.08. The first-order valence-corrected chi connectivity index (χ1v) is 6.28. The second-order valence-corrected chi connectivity index (χ2v) is 4.40. The SMILES string of the molecule is COCc1ccccc1CN=C(N)NC(C)COC. The zero-order chi connectivity index (χ0) is 14.1. The topological polar surface area (TPSA) is 68.9 Å². The van der Waals surface area contributed by atoms with Crippen LogP contribution in [-0.4, -0.2) is 32.8 Å². The van der Waals surface area contributed by atoms with Crippen molar-refractivity contribution < 1.29 is 9.47 Å². The number of nitrogens with one attached hydrogen (secondary N) is 1. The summed E-state index contributed by atoms with van der Waals surface area (Å²) < 4.78 is 10.2. The van der Waals surface area contributed by atoms with E-state index in [4.69, 9.17) is 15.2 Å². The summed E-state index contributed by atoms with van der Waals surface area (Å²) >= 11 is 0. The molecule has 19 heavy (non-hydrogen) atoms. The molecule has 106 valence electrons. The Kier molecular flexibility index (Phi) is 6.92. The van der Waals surface area contributed by atoms with Crippen molar-refractivity contribution in [1.82, 2.24) is 5.32 Å². The van der Waals surface area contributed by atoms with Crippen LogP contribution < -0.4 is 11.1 Å². The average Bonchev–Trinajstić information content (AvgIpc) is 2.38. The number of hydrogen-bond donors (Lipinski definition) is 2. The summed E-state index contributed by atoms with van der Waals surface area (Å²) in [6.07, 6.45) is 0. The molecule has 0 aliphatic heterocycles. The van der Waals surface area contributed by atoms with Crippen molar-refractivity contribution in [2.45, 2.75) is 26.1 Å². The van der Waals surface area contributed by atoms with Gasteiger partial charge in [0.15, 0.2) is 5.96 Å². The Morgan fingerprint density at radius 3 is 2.58 bits per heavy atom. The van der Waals surface area contributed by atoms with E-state index in [-0.39, 0.29) is 6.04 Å². The molecule has 1 atom stereocenters. The van der Waals surface area contributed by atoms with E-state index in [0.29, 0.717) is 25.7 Å². The third kappa shape index (κ3) is 5.72. The number of nitrogens with zero attached hydrogens (tertiary/aromatic N) is 1. The summed E-state index contributed by atoms with van der Waals surface area (Å²) in [4.78, 5) is 4.33. The van der Waals surface area contributed by atoms with E-state index in [1.54, 1.807) is 14.2 Å². The molecule has 0 aliphatic rings. The molecule has 0 bridgehead atoms. The Hall–Kier alpha value is -1.59. The highest BCUT2D eigenvalue weighted by molar-refractivity contribution is 5.78. The van der Waals surface area contributed by atoms with Crippen LogP contribution in [0.25, 0.3) is 0 Å². The molecule has 0 fully saturated rings. The van der Waals surface area contributed by atoms with Gasteiger partial charge in [-0.15, -0.1) is 0 Å². The summed E-state index contributed by atoms with van der Waals surface area (Å²) in [5.74, 6) is 0.428. The molecule has 0 saturated carbocycles. The average molecular weight is 265 g/mol. The maximum Gasteiger partial charge on any atom is 0.189 e. The Balaban J connectivity index is 2.59. The van der Waals surface area contributed by atoms with Crippen LogP contribution in [0.1, 0.15) is 18.1 Å². The van der Waals surface area contributed by atoms with E-state index < -0.39 is 0 Å². The number of hydrogen-bond acceptors (Lipinski definition) is 3. The van der Waals surface area contributed by atoms with Crippen LogP contribution in [0.5, 0.6) is 0 Å². The quantitative estimate of drug-likeness (QED) is 0.575. The van der Waals surface area contributed by atoms with E-state index in [2.05, 4.69) is 10.3 Å². The Morgan fingerprint density at radius 1 is 1.26 bits per heavy atom. The summed E-state index contributed by atoms with van der Waals surface area (Å²) in [7, 11) is 3.34. The molecule has 3 N–H and O–H groups in total. The molecule has 1 aromatic carbocycles. The Bertz CT molecular complexity index is 407. The van der Waals surface area contributed by atoms with Crippen LogP contribution in [0, 0.1) is 0 Å². The molecule has 0 aliphatic carbocycles.